The number of hydrogen-bond acceptors (Lipinski definition) is 0. The number of hydrogen-bond donors (Lipinski definition) is 0. The molecule has 0 aromatic heterocycles. The lowest BCUT2D eigenvalue weighted by atomic mass is 9.29. The largest absolute Gasteiger partial charge is 0.242 e. The lowest BCUT2D eigenvalue weighted by Crippen LogP contribution is -2.55. The van der Waals surface area contributed by atoms with Crippen LogP contribution in [-0.2, 0) is 6.42 Å². The van der Waals surface area contributed by atoms with E-state index in [-0.39, 0.29) is 6.71 Å². The second-order valence-electron chi connectivity index (χ2n) is 15.6. The maximum Gasteiger partial charge on any atom is 0.242 e. The minimum Gasteiger partial charge on any atom is -0.0841 e. The Labute approximate surface area is 296 Å². The van der Waals surface area contributed by atoms with Gasteiger partial charge in [0.05, 0.1) is 0 Å². The standard InChI is InChI=1S/C47H50B2/c1-28-19-32(5)44(33(6)20-28)48(45-34(7)21-29(2)22-35(45)8)42-15-11-38(12-16-42)39-13-17-43(18-14-39)49-46-36(9)23-30(3)25-40(46)27-41-26-31(4)24-37(10)47(41)49/h11-25,41H,26-27H2,1-10H3. The zero-order valence-electron chi connectivity index (χ0n) is 31.3. The van der Waals surface area contributed by atoms with Gasteiger partial charge in [-0.2, -0.15) is 0 Å². The molecule has 1 atom stereocenters. The fourth-order valence-corrected chi connectivity index (χ4v) is 9.90. The van der Waals surface area contributed by atoms with Gasteiger partial charge in [0.2, 0.25) is 13.4 Å². The van der Waals surface area contributed by atoms with Gasteiger partial charge in [-0.05, 0) is 99.1 Å². The molecular formula is C47H50B2. The van der Waals surface area contributed by atoms with E-state index in [1.54, 1.807) is 11.0 Å². The average molecular weight is 637 g/mol. The van der Waals surface area contributed by atoms with Crippen molar-refractivity contribution < 1.29 is 0 Å². The predicted octanol–water partition coefficient (Wildman–Crippen LogP) is 8.32. The third-order valence-corrected chi connectivity index (χ3v) is 11.5. The molecule has 0 spiro atoms. The highest BCUT2D eigenvalue weighted by molar-refractivity contribution is 6.96. The van der Waals surface area contributed by atoms with Crippen molar-refractivity contribution in [2.24, 2.45) is 5.92 Å². The van der Waals surface area contributed by atoms with Crippen molar-refractivity contribution in [3.8, 4) is 11.1 Å². The van der Waals surface area contributed by atoms with E-state index in [9.17, 15) is 0 Å². The van der Waals surface area contributed by atoms with Gasteiger partial charge in [0.15, 0.2) is 0 Å². The highest BCUT2D eigenvalue weighted by Crippen LogP contribution is 2.37. The maximum atomic E-state index is 2.46. The lowest BCUT2D eigenvalue weighted by Gasteiger charge is -2.38. The molecule has 7 rings (SSSR count). The van der Waals surface area contributed by atoms with E-state index in [1.807, 2.05) is 0 Å². The molecule has 0 N–H and O–H groups in total. The van der Waals surface area contributed by atoms with Crippen LogP contribution in [0.2, 0.25) is 0 Å². The van der Waals surface area contributed by atoms with Crippen molar-refractivity contribution in [3.63, 3.8) is 0 Å². The van der Waals surface area contributed by atoms with E-state index in [0.717, 1.165) is 6.42 Å². The topological polar surface area (TPSA) is 0 Å². The highest BCUT2D eigenvalue weighted by Gasteiger charge is 2.39. The summed E-state index contributed by atoms with van der Waals surface area (Å²) >= 11 is 0. The third-order valence-electron chi connectivity index (χ3n) is 11.5. The zero-order valence-corrected chi connectivity index (χ0v) is 31.3. The SMILES string of the molecule is CC1=CC(C)=C2B(c3ccc(-c4ccc(B(c5c(C)cc(C)cc5C)c5c(C)cc(C)cc5C)cc4)cc3)c3c(C)cc(C)cc3CC2C1. The van der Waals surface area contributed by atoms with Gasteiger partial charge in [0, 0.05) is 0 Å². The summed E-state index contributed by atoms with van der Waals surface area (Å²) in [5.41, 5.74) is 26.8. The second kappa shape index (κ2) is 12.9. The monoisotopic (exact) mass is 636 g/mol. The summed E-state index contributed by atoms with van der Waals surface area (Å²) < 4.78 is 0. The molecule has 244 valence electrons. The second-order valence-corrected chi connectivity index (χ2v) is 15.6. The fraction of sp³-hybridized carbons (Fsp3) is 0.277. The van der Waals surface area contributed by atoms with Gasteiger partial charge in [0.1, 0.15) is 0 Å². The smallest absolute Gasteiger partial charge is 0.0841 e. The molecule has 0 fully saturated rings. The van der Waals surface area contributed by atoms with Crippen LogP contribution in [-0.4, -0.2) is 13.4 Å². The molecule has 0 radical (unpaired) electrons. The zero-order chi connectivity index (χ0) is 34.7. The highest BCUT2D eigenvalue weighted by atomic mass is 14.3. The van der Waals surface area contributed by atoms with E-state index in [0.29, 0.717) is 12.6 Å². The molecule has 0 nitrogen and oxygen atoms in total. The lowest BCUT2D eigenvalue weighted by molar-refractivity contribution is 0.607. The molecule has 49 heavy (non-hydrogen) atoms. The molecule has 1 unspecified atom stereocenters. The minimum atomic E-state index is 0.188. The van der Waals surface area contributed by atoms with E-state index in [4.69, 9.17) is 0 Å². The molecule has 1 heterocycles. The Morgan fingerprint density at radius 2 is 1.00 bits per heavy atom. The van der Waals surface area contributed by atoms with Crippen molar-refractivity contribution in [1.82, 2.24) is 0 Å². The Kier molecular flexibility index (Phi) is 8.72. The Hall–Kier alpha value is -4.29. The first-order valence-electron chi connectivity index (χ1n) is 18.2. The Morgan fingerprint density at radius 1 is 0.531 bits per heavy atom. The van der Waals surface area contributed by atoms with Crippen LogP contribution >= 0.6 is 0 Å². The number of allylic oxidation sites excluding steroid dienone is 4. The molecule has 5 aromatic carbocycles. The van der Waals surface area contributed by atoms with Crippen molar-refractivity contribution in [3.05, 3.63) is 158 Å². The molecule has 0 saturated carbocycles. The Morgan fingerprint density at radius 3 is 1.53 bits per heavy atom. The molecular weight excluding hydrogens is 586 g/mol. The normalized spacial score (nSPS) is 15.6. The number of rotatable bonds is 5. The molecule has 5 aromatic rings. The summed E-state index contributed by atoms with van der Waals surface area (Å²) in [6.45, 7) is 23.3. The first kappa shape index (κ1) is 33.2. The van der Waals surface area contributed by atoms with Gasteiger partial charge < -0.3 is 0 Å². The Bertz CT molecular complexity index is 2050. The summed E-state index contributed by atoms with van der Waals surface area (Å²) in [5.74, 6) is 0.588. The number of aryl methyl sites for hydroxylation is 8. The number of benzene rings is 5. The predicted molar refractivity (Wildman–Crippen MR) is 217 cm³/mol. The van der Waals surface area contributed by atoms with Gasteiger partial charge >= 0.3 is 0 Å². The van der Waals surface area contributed by atoms with Crippen molar-refractivity contribution in [1.29, 1.82) is 0 Å². The number of fused-ring (bicyclic) bond motifs is 2. The van der Waals surface area contributed by atoms with Gasteiger partial charge in [0.25, 0.3) is 0 Å². The molecule has 2 aliphatic rings. The maximum absolute atomic E-state index is 2.46. The molecule has 2 heteroatoms. The molecule has 0 bridgehead atoms. The molecule has 0 saturated heterocycles. The van der Waals surface area contributed by atoms with Crippen molar-refractivity contribution in [2.75, 3.05) is 0 Å². The van der Waals surface area contributed by atoms with Crippen molar-refractivity contribution >= 4 is 40.7 Å². The van der Waals surface area contributed by atoms with Crippen molar-refractivity contribution in [2.45, 2.75) is 82.1 Å². The first-order valence-corrected chi connectivity index (χ1v) is 18.2. The van der Waals surface area contributed by atoms with Crippen LogP contribution in [0.3, 0.4) is 0 Å². The van der Waals surface area contributed by atoms with Gasteiger partial charge in [-0.15, -0.1) is 0 Å². The van der Waals surface area contributed by atoms with Gasteiger partial charge in [-0.1, -0.05) is 185 Å². The summed E-state index contributed by atoms with van der Waals surface area (Å²) in [6, 6.07) is 33.2. The van der Waals surface area contributed by atoms with Crippen LogP contribution in [0.1, 0.15) is 70.3 Å². The van der Waals surface area contributed by atoms with E-state index >= 15 is 0 Å². The van der Waals surface area contributed by atoms with E-state index < -0.39 is 0 Å². The summed E-state index contributed by atoms with van der Waals surface area (Å²) in [7, 11) is 0. The van der Waals surface area contributed by atoms with Crippen LogP contribution in [0, 0.1) is 61.3 Å². The van der Waals surface area contributed by atoms with Crippen LogP contribution in [0.5, 0.6) is 0 Å². The van der Waals surface area contributed by atoms with Gasteiger partial charge in [-0.25, -0.2) is 0 Å². The summed E-state index contributed by atoms with van der Waals surface area (Å²) in [5, 5.41) is 0. The van der Waals surface area contributed by atoms with E-state index in [1.165, 1.54) is 101 Å². The van der Waals surface area contributed by atoms with Crippen LogP contribution in [0.4, 0.5) is 0 Å². The van der Waals surface area contributed by atoms with Crippen LogP contribution in [0.25, 0.3) is 11.1 Å². The van der Waals surface area contributed by atoms with Gasteiger partial charge in [-0.3, -0.25) is 0 Å². The molecule has 1 aliphatic heterocycles. The minimum absolute atomic E-state index is 0.188. The summed E-state index contributed by atoms with van der Waals surface area (Å²) in [4.78, 5) is 0. The average Bonchev–Trinajstić information content (AvgIpc) is 3.02. The van der Waals surface area contributed by atoms with Crippen LogP contribution < -0.4 is 27.3 Å². The quantitative estimate of drug-likeness (QED) is 0.170. The van der Waals surface area contributed by atoms with Crippen LogP contribution in [0.15, 0.2) is 108 Å². The Balaban J connectivity index is 1.28. The summed E-state index contributed by atoms with van der Waals surface area (Å²) in [6.07, 6.45) is 4.76. The third kappa shape index (κ3) is 6.09. The first-order chi connectivity index (χ1) is 23.4. The molecule has 1 aliphatic carbocycles. The fourth-order valence-electron chi connectivity index (χ4n) is 9.90. The van der Waals surface area contributed by atoms with E-state index in [2.05, 4.69) is 160 Å². The molecule has 0 amide bonds.